The van der Waals surface area contributed by atoms with E-state index in [9.17, 15) is 19.5 Å². The second-order valence-electron chi connectivity index (χ2n) is 11.6. The summed E-state index contributed by atoms with van der Waals surface area (Å²) in [7, 11) is 1.33. The average Bonchev–Trinajstić information content (AvgIpc) is 3.07. The van der Waals surface area contributed by atoms with Gasteiger partial charge in [-0.05, 0) is 85.9 Å². The largest absolute Gasteiger partial charge is 0.466 e. The van der Waals surface area contributed by atoms with E-state index >= 15 is 0 Å². The maximum absolute atomic E-state index is 12.6. The maximum atomic E-state index is 12.6. The molecule has 0 aromatic heterocycles. The summed E-state index contributed by atoms with van der Waals surface area (Å²) in [6, 6.07) is 0. The molecule has 4 rings (SSSR count). The Morgan fingerprint density at radius 1 is 0.970 bits per heavy atom. The van der Waals surface area contributed by atoms with Gasteiger partial charge in [-0.25, -0.2) is 4.79 Å². The van der Waals surface area contributed by atoms with Gasteiger partial charge < -0.3 is 19.3 Å². The second kappa shape index (κ2) is 8.86. The molecule has 0 spiro atoms. The third-order valence-electron chi connectivity index (χ3n) is 10.0. The molecule has 0 aromatic rings. The molecule has 0 bridgehead atoms. The summed E-state index contributed by atoms with van der Waals surface area (Å²) in [5.41, 5.74) is -0.261. The number of carbonyl (C=O) groups is 3. The van der Waals surface area contributed by atoms with Crippen LogP contribution in [0.25, 0.3) is 0 Å². The first-order valence-electron chi connectivity index (χ1n) is 12.6. The molecule has 0 aliphatic heterocycles. The fraction of sp³-hybridized carbons (Fsp3) is 0.885. The molecular formula is C26H40O7. The Balaban J connectivity index is 1.58. The Morgan fingerprint density at radius 3 is 2.33 bits per heavy atom. The lowest BCUT2D eigenvalue weighted by Gasteiger charge is -2.62. The SMILES string of the molecule is COC(=O)[C@@H](OC(C)=O)[C@H]1CC[C@H]2[C@@H]3CC[C@@H]4C[C@H](OC(C)=O)CC[C@]4(C)[C@H]3[C@H](O)C[C@]12C. The molecule has 7 heteroatoms. The molecule has 10 atom stereocenters. The minimum absolute atomic E-state index is 0.0106. The highest BCUT2D eigenvalue weighted by Crippen LogP contribution is 2.68. The van der Waals surface area contributed by atoms with Gasteiger partial charge in [0.1, 0.15) is 6.10 Å². The number of carbonyl (C=O) groups excluding carboxylic acids is 3. The molecule has 4 saturated carbocycles. The third-order valence-corrected chi connectivity index (χ3v) is 10.0. The van der Waals surface area contributed by atoms with Gasteiger partial charge in [0.2, 0.25) is 6.10 Å². The molecule has 186 valence electrons. The molecule has 33 heavy (non-hydrogen) atoms. The summed E-state index contributed by atoms with van der Waals surface area (Å²) in [5.74, 6) is 0.0508. The van der Waals surface area contributed by atoms with Crippen LogP contribution in [-0.2, 0) is 28.6 Å². The van der Waals surface area contributed by atoms with Gasteiger partial charge in [-0.1, -0.05) is 13.8 Å². The van der Waals surface area contributed by atoms with Gasteiger partial charge in [-0.15, -0.1) is 0 Å². The molecule has 4 aliphatic rings. The Hall–Kier alpha value is -1.63. The van der Waals surface area contributed by atoms with Gasteiger partial charge >= 0.3 is 17.9 Å². The Bertz CT molecular complexity index is 796. The van der Waals surface area contributed by atoms with Crippen molar-refractivity contribution in [3.8, 4) is 0 Å². The van der Waals surface area contributed by atoms with E-state index in [2.05, 4.69) is 13.8 Å². The monoisotopic (exact) mass is 464 g/mol. The van der Waals surface area contributed by atoms with Crippen molar-refractivity contribution in [3.05, 3.63) is 0 Å². The minimum Gasteiger partial charge on any atom is -0.466 e. The number of hydrogen-bond acceptors (Lipinski definition) is 7. The lowest BCUT2D eigenvalue weighted by atomic mass is 9.43. The zero-order chi connectivity index (χ0) is 24.1. The Morgan fingerprint density at radius 2 is 1.70 bits per heavy atom. The number of aliphatic hydroxyl groups is 1. The van der Waals surface area contributed by atoms with Gasteiger partial charge in [0.05, 0.1) is 13.2 Å². The lowest BCUT2D eigenvalue weighted by Crippen LogP contribution is -2.60. The second-order valence-corrected chi connectivity index (χ2v) is 11.6. The predicted octanol–water partition coefficient (Wildman–Crippen LogP) is 3.65. The van der Waals surface area contributed by atoms with Crippen LogP contribution in [0.15, 0.2) is 0 Å². The number of rotatable bonds is 4. The van der Waals surface area contributed by atoms with Crippen molar-refractivity contribution in [2.75, 3.05) is 7.11 Å². The molecule has 4 aliphatic carbocycles. The van der Waals surface area contributed by atoms with Crippen LogP contribution in [0.1, 0.15) is 79.1 Å². The van der Waals surface area contributed by atoms with Gasteiger partial charge in [-0.2, -0.15) is 0 Å². The first kappa shape index (κ1) is 24.5. The molecule has 0 radical (unpaired) electrons. The van der Waals surface area contributed by atoms with Crippen LogP contribution in [-0.4, -0.2) is 48.4 Å². The van der Waals surface area contributed by atoms with Crippen molar-refractivity contribution in [2.45, 2.75) is 97.4 Å². The van der Waals surface area contributed by atoms with Crippen LogP contribution >= 0.6 is 0 Å². The molecule has 0 amide bonds. The van der Waals surface area contributed by atoms with Crippen molar-refractivity contribution in [1.29, 1.82) is 0 Å². The Kier molecular flexibility index (Phi) is 6.58. The Labute approximate surface area is 196 Å². The van der Waals surface area contributed by atoms with Gasteiger partial charge in [0, 0.05) is 19.8 Å². The molecule has 0 saturated heterocycles. The number of esters is 3. The first-order valence-corrected chi connectivity index (χ1v) is 12.6. The third kappa shape index (κ3) is 4.08. The number of aliphatic hydroxyl groups excluding tert-OH is 1. The van der Waals surface area contributed by atoms with E-state index in [0.717, 1.165) is 44.9 Å². The van der Waals surface area contributed by atoms with Crippen LogP contribution in [0.4, 0.5) is 0 Å². The topological polar surface area (TPSA) is 99.1 Å². The van der Waals surface area contributed by atoms with Crippen molar-refractivity contribution < 1.29 is 33.7 Å². The zero-order valence-corrected chi connectivity index (χ0v) is 20.7. The standard InChI is InChI=1S/C26H40O7/c1-14(27)32-17-10-11-25(3)16(12-17)6-7-18-19-8-9-20(23(24(30)31-5)33-15(2)28)26(19,4)13-21(29)22(18)25/h16-23,29H,6-13H2,1-5H3/t16-,17-,18+,19+,20-,21-,22-,23+,25+,26+/m1/s1. The summed E-state index contributed by atoms with van der Waals surface area (Å²) in [4.78, 5) is 35.8. The molecule has 4 fully saturated rings. The minimum atomic E-state index is -0.919. The molecule has 7 nitrogen and oxygen atoms in total. The fourth-order valence-corrected chi connectivity index (χ4v) is 8.81. The summed E-state index contributed by atoms with van der Waals surface area (Å²) in [6.45, 7) is 7.32. The van der Waals surface area contributed by atoms with Gasteiger partial charge in [-0.3, -0.25) is 9.59 Å². The van der Waals surface area contributed by atoms with Crippen LogP contribution in [0.3, 0.4) is 0 Å². The van der Waals surface area contributed by atoms with Gasteiger partial charge in [0.15, 0.2) is 0 Å². The molecule has 0 aromatic carbocycles. The van der Waals surface area contributed by atoms with Gasteiger partial charge in [0.25, 0.3) is 0 Å². The van der Waals surface area contributed by atoms with E-state index in [1.807, 2.05) is 0 Å². The van der Waals surface area contributed by atoms with E-state index in [1.165, 1.54) is 21.0 Å². The van der Waals surface area contributed by atoms with Crippen molar-refractivity contribution in [1.82, 2.24) is 0 Å². The van der Waals surface area contributed by atoms with Crippen molar-refractivity contribution >= 4 is 17.9 Å². The highest BCUT2D eigenvalue weighted by atomic mass is 16.6. The smallest absolute Gasteiger partial charge is 0.347 e. The van der Waals surface area contributed by atoms with E-state index in [4.69, 9.17) is 14.2 Å². The number of methoxy groups -OCH3 is 1. The molecule has 1 N–H and O–H groups in total. The number of ether oxygens (including phenoxy) is 3. The predicted molar refractivity (Wildman–Crippen MR) is 120 cm³/mol. The fourth-order valence-electron chi connectivity index (χ4n) is 8.81. The van der Waals surface area contributed by atoms with Crippen molar-refractivity contribution in [2.24, 2.45) is 40.4 Å². The quantitative estimate of drug-likeness (QED) is 0.501. The highest BCUT2D eigenvalue weighted by Gasteiger charge is 2.65. The lowest BCUT2D eigenvalue weighted by molar-refractivity contribution is -0.194. The van der Waals surface area contributed by atoms with E-state index in [-0.39, 0.29) is 34.7 Å². The van der Waals surface area contributed by atoms with Crippen molar-refractivity contribution in [3.63, 3.8) is 0 Å². The highest BCUT2D eigenvalue weighted by molar-refractivity contribution is 5.79. The number of hydrogen-bond donors (Lipinski definition) is 1. The summed E-state index contributed by atoms with van der Waals surface area (Å²) >= 11 is 0. The summed E-state index contributed by atoms with van der Waals surface area (Å²) in [6.07, 6.45) is 5.78. The van der Waals surface area contributed by atoms with Crippen LogP contribution in [0.2, 0.25) is 0 Å². The molecular weight excluding hydrogens is 424 g/mol. The molecule has 0 heterocycles. The first-order chi connectivity index (χ1) is 15.5. The maximum Gasteiger partial charge on any atom is 0.347 e. The van der Waals surface area contributed by atoms with E-state index in [0.29, 0.717) is 24.2 Å². The number of fused-ring (bicyclic) bond motifs is 5. The summed E-state index contributed by atoms with van der Waals surface area (Å²) in [5, 5.41) is 11.6. The van der Waals surface area contributed by atoms with Crippen LogP contribution < -0.4 is 0 Å². The van der Waals surface area contributed by atoms with E-state index in [1.54, 1.807) is 0 Å². The molecule has 0 unspecified atom stereocenters. The summed E-state index contributed by atoms with van der Waals surface area (Å²) < 4.78 is 16.0. The van der Waals surface area contributed by atoms with Crippen LogP contribution in [0.5, 0.6) is 0 Å². The normalized spacial score (nSPS) is 45.1. The average molecular weight is 465 g/mol. The van der Waals surface area contributed by atoms with Crippen LogP contribution in [0, 0.1) is 40.4 Å². The zero-order valence-electron chi connectivity index (χ0n) is 20.7. The van der Waals surface area contributed by atoms with E-state index < -0.39 is 24.1 Å².